The van der Waals surface area contributed by atoms with Gasteiger partial charge in [-0.3, -0.25) is 0 Å². The number of allylic oxidation sites excluding steroid dienone is 1. The fraction of sp³-hybridized carbons (Fsp3) is 0.176. The third-order valence-corrected chi connectivity index (χ3v) is 4.10. The SMILES string of the molecule is BrCc1ccc(CN2C=CCc3ccccc32)cc1. The number of para-hydroxylation sites is 1. The lowest BCUT2D eigenvalue weighted by Gasteiger charge is -2.26. The van der Waals surface area contributed by atoms with E-state index in [0.717, 1.165) is 18.3 Å². The summed E-state index contributed by atoms with van der Waals surface area (Å²) >= 11 is 3.48. The van der Waals surface area contributed by atoms with Crippen LogP contribution in [0.25, 0.3) is 0 Å². The predicted molar refractivity (Wildman–Crippen MR) is 84.5 cm³/mol. The minimum absolute atomic E-state index is 0.916. The van der Waals surface area contributed by atoms with Crippen molar-refractivity contribution in [2.45, 2.75) is 18.3 Å². The smallest absolute Gasteiger partial charge is 0.0475 e. The molecule has 1 aliphatic rings. The van der Waals surface area contributed by atoms with Crippen LogP contribution in [0.1, 0.15) is 16.7 Å². The second-order valence-corrected chi connectivity index (χ2v) is 5.36. The summed E-state index contributed by atoms with van der Waals surface area (Å²) in [7, 11) is 0. The van der Waals surface area contributed by atoms with Crippen LogP contribution >= 0.6 is 15.9 Å². The van der Waals surface area contributed by atoms with Crippen molar-refractivity contribution in [3.8, 4) is 0 Å². The van der Waals surface area contributed by atoms with E-state index < -0.39 is 0 Å². The molecule has 0 atom stereocenters. The van der Waals surface area contributed by atoms with Gasteiger partial charge in [0.25, 0.3) is 0 Å². The van der Waals surface area contributed by atoms with E-state index >= 15 is 0 Å². The average molecular weight is 314 g/mol. The van der Waals surface area contributed by atoms with Crippen molar-refractivity contribution in [2.24, 2.45) is 0 Å². The number of nitrogens with zero attached hydrogens (tertiary/aromatic N) is 1. The maximum Gasteiger partial charge on any atom is 0.0475 e. The minimum atomic E-state index is 0.916. The summed E-state index contributed by atoms with van der Waals surface area (Å²) in [6.45, 7) is 0.927. The van der Waals surface area contributed by atoms with Crippen LogP contribution in [-0.2, 0) is 18.3 Å². The number of benzene rings is 2. The number of fused-ring (bicyclic) bond motifs is 1. The van der Waals surface area contributed by atoms with E-state index in [1.807, 2.05) is 0 Å². The highest BCUT2D eigenvalue weighted by atomic mass is 79.9. The lowest BCUT2D eigenvalue weighted by atomic mass is 10.0. The zero-order valence-electron chi connectivity index (χ0n) is 10.7. The highest BCUT2D eigenvalue weighted by molar-refractivity contribution is 9.08. The van der Waals surface area contributed by atoms with Crippen molar-refractivity contribution in [1.82, 2.24) is 0 Å². The maximum absolute atomic E-state index is 3.48. The van der Waals surface area contributed by atoms with Gasteiger partial charge in [-0.05, 0) is 29.2 Å². The summed E-state index contributed by atoms with van der Waals surface area (Å²) < 4.78 is 0. The molecule has 1 aliphatic heterocycles. The van der Waals surface area contributed by atoms with E-state index in [9.17, 15) is 0 Å². The summed E-state index contributed by atoms with van der Waals surface area (Å²) in [5, 5.41) is 0.916. The van der Waals surface area contributed by atoms with Crippen molar-refractivity contribution >= 4 is 21.6 Å². The normalized spacial score (nSPS) is 13.4. The van der Waals surface area contributed by atoms with Crippen LogP contribution in [0.15, 0.2) is 60.8 Å². The standard InChI is InChI=1S/C17H16BrN/c18-12-14-7-9-15(10-8-14)13-19-11-3-5-16-4-1-2-6-17(16)19/h1-4,6-11H,5,12-13H2. The van der Waals surface area contributed by atoms with E-state index in [4.69, 9.17) is 0 Å². The third kappa shape index (κ3) is 2.74. The molecule has 1 nitrogen and oxygen atoms in total. The monoisotopic (exact) mass is 313 g/mol. The van der Waals surface area contributed by atoms with Gasteiger partial charge < -0.3 is 4.90 Å². The second-order valence-electron chi connectivity index (χ2n) is 4.80. The van der Waals surface area contributed by atoms with Crippen molar-refractivity contribution < 1.29 is 0 Å². The molecule has 0 bridgehead atoms. The van der Waals surface area contributed by atoms with Gasteiger partial charge in [-0.15, -0.1) is 0 Å². The Morgan fingerprint density at radius 1 is 0.947 bits per heavy atom. The average Bonchev–Trinajstić information content (AvgIpc) is 2.48. The van der Waals surface area contributed by atoms with E-state index in [0.29, 0.717) is 0 Å². The Morgan fingerprint density at radius 3 is 2.47 bits per heavy atom. The Bertz CT molecular complexity index is 586. The Morgan fingerprint density at radius 2 is 1.68 bits per heavy atom. The van der Waals surface area contributed by atoms with Gasteiger partial charge in [0.05, 0.1) is 0 Å². The van der Waals surface area contributed by atoms with E-state index in [1.165, 1.54) is 22.4 Å². The molecule has 0 saturated carbocycles. The van der Waals surface area contributed by atoms with Crippen molar-refractivity contribution in [2.75, 3.05) is 4.90 Å². The minimum Gasteiger partial charge on any atom is -0.344 e. The molecule has 19 heavy (non-hydrogen) atoms. The first kappa shape index (κ1) is 12.5. The summed E-state index contributed by atoms with van der Waals surface area (Å²) in [6.07, 6.45) is 5.46. The molecule has 0 fully saturated rings. The Balaban J connectivity index is 1.82. The fourth-order valence-corrected chi connectivity index (χ4v) is 2.79. The van der Waals surface area contributed by atoms with Crippen molar-refractivity contribution in [3.63, 3.8) is 0 Å². The first-order valence-electron chi connectivity index (χ1n) is 6.52. The molecular weight excluding hydrogens is 298 g/mol. The lowest BCUT2D eigenvalue weighted by molar-refractivity contribution is 0.932. The van der Waals surface area contributed by atoms with Crippen molar-refractivity contribution in [3.05, 3.63) is 77.5 Å². The summed E-state index contributed by atoms with van der Waals surface area (Å²) in [5.41, 5.74) is 5.39. The molecule has 0 aliphatic carbocycles. The first-order chi connectivity index (χ1) is 9.36. The molecule has 0 aromatic heterocycles. The number of alkyl halides is 1. The van der Waals surface area contributed by atoms with E-state index in [-0.39, 0.29) is 0 Å². The number of hydrogen-bond acceptors (Lipinski definition) is 1. The van der Waals surface area contributed by atoms with Crippen molar-refractivity contribution in [1.29, 1.82) is 0 Å². The van der Waals surface area contributed by atoms with E-state index in [1.54, 1.807) is 0 Å². The van der Waals surface area contributed by atoms with Gasteiger partial charge in [-0.2, -0.15) is 0 Å². The summed E-state index contributed by atoms with van der Waals surface area (Å²) in [4.78, 5) is 2.32. The van der Waals surface area contributed by atoms with Crippen LogP contribution < -0.4 is 4.90 Å². The molecule has 0 radical (unpaired) electrons. The highest BCUT2D eigenvalue weighted by Gasteiger charge is 2.11. The quantitative estimate of drug-likeness (QED) is 0.745. The van der Waals surface area contributed by atoms with Crippen LogP contribution in [0.4, 0.5) is 5.69 Å². The zero-order chi connectivity index (χ0) is 13.1. The molecule has 96 valence electrons. The highest BCUT2D eigenvalue weighted by Crippen LogP contribution is 2.27. The second kappa shape index (κ2) is 5.62. The molecule has 0 N–H and O–H groups in total. The molecule has 0 spiro atoms. The molecule has 0 saturated heterocycles. The van der Waals surface area contributed by atoms with Crippen LogP contribution in [0.5, 0.6) is 0 Å². The van der Waals surface area contributed by atoms with Gasteiger partial charge in [0.15, 0.2) is 0 Å². The molecule has 0 unspecified atom stereocenters. The van der Waals surface area contributed by atoms with Crippen LogP contribution in [0.2, 0.25) is 0 Å². The Kier molecular flexibility index (Phi) is 3.69. The number of hydrogen-bond donors (Lipinski definition) is 0. The fourth-order valence-electron chi connectivity index (χ4n) is 2.42. The van der Waals surface area contributed by atoms with Gasteiger partial charge in [0.1, 0.15) is 0 Å². The molecular formula is C17H16BrN. The molecule has 2 aromatic rings. The van der Waals surface area contributed by atoms with Gasteiger partial charge in [0, 0.05) is 23.8 Å². The van der Waals surface area contributed by atoms with Crippen LogP contribution in [0, 0.1) is 0 Å². The number of anilines is 1. The van der Waals surface area contributed by atoms with Gasteiger partial charge in [-0.25, -0.2) is 0 Å². The number of halogens is 1. The molecule has 2 heteroatoms. The Hall–Kier alpha value is -1.54. The maximum atomic E-state index is 3.48. The van der Waals surface area contributed by atoms with Crippen LogP contribution in [-0.4, -0.2) is 0 Å². The van der Waals surface area contributed by atoms with Crippen LogP contribution in [0.3, 0.4) is 0 Å². The molecule has 1 heterocycles. The molecule has 2 aromatic carbocycles. The molecule has 0 amide bonds. The van der Waals surface area contributed by atoms with Gasteiger partial charge >= 0.3 is 0 Å². The summed E-state index contributed by atoms with van der Waals surface area (Å²) in [6, 6.07) is 17.4. The Labute approximate surface area is 122 Å². The van der Waals surface area contributed by atoms with Gasteiger partial charge in [0.2, 0.25) is 0 Å². The van der Waals surface area contributed by atoms with E-state index in [2.05, 4.69) is 81.6 Å². The van der Waals surface area contributed by atoms with Gasteiger partial charge in [-0.1, -0.05) is 64.5 Å². The zero-order valence-corrected chi connectivity index (χ0v) is 12.3. The molecule has 3 rings (SSSR count). The topological polar surface area (TPSA) is 3.24 Å². The summed E-state index contributed by atoms with van der Waals surface area (Å²) in [5.74, 6) is 0. The largest absolute Gasteiger partial charge is 0.344 e. The predicted octanol–water partition coefficient (Wildman–Crippen LogP) is 4.66. The lowest BCUT2D eigenvalue weighted by Crippen LogP contribution is -2.19. The first-order valence-corrected chi connectivity index (χ1v) is 7.64. The third-order valence-electron chi connectivity index (χ3n) is 3.45. The number of rotatable bonds is 3.